The van der Waals surface area contributed by atoms with Crippen LogP contribution < -0.4 is 10.9 Å². The molecule has 0 saturated carbocycles. The number of ether oxygens (including phenoxy) is 1. The number of fused-ring (bicyclic) bond motifs is 3. The van der Waals surface area contributed by atoms with Crippen LogP contribution in [0.15, 0.2) is 28.2 Å². The van der Waals surface area contributed by atoms with Gasteiger partial charge in [-0.25, -0.2) is 4.98 Å². The Hall–Kier alpha value is -1.58. The fourth-order valence-electron chi connectivity index (χ4n) is 3.63. The number of hydrogen-bond donors (Lipinski definition) is 1. The van der Waals surface area contributed by atoms with Crippen LogP contribution in [0.5, 0.6) is 0 Å². The van der Waals surface area contributed by atoms with Gasteiger partial charge in [0.05, 0.1) is 40.0 Å². The maximum Gasteiger partial charge on any atom is 0.263 e. The first-order valence-corrected chi connectivity index (χ1v) is 12.5. The van der Waals surface area contributed by atoms with Crippen LogP contribution in [0.1, 0.15) is 23.3 Å². The molecule has 0 saturated heterocycles. The minimum atomic E-state index is -0.280. The molecule has 1 amide bonds. The van der Waals surface area contributed by atoms with Crippen LogP contribution in [0, 0.1) is 0 Å². The van der Waals surface area contributed by atoms with Crippen molar-refractivity contribution in [2.45, 2.75) is 37.4 Å². The Morgan fingerprint density at radius 1 is 1.29 bits per heavy atom. The van der Waals surface area contributed by atoms with E-state index in [-0.39, 0.29) is 17.2 Å². The quantitative estimate of drug-likeness (QED) is 0.366. The zero-order valence-corrected chi connectivity index (χ0v) is 20.0. The Balaban J connectivity index is 1.61. The molecular weight excluding hydrogens is 477 g/mol. The van der Waals surface area contributed by atoms with Crippen LogP contribution in [-0.4, -0.2) is 34.9 Å². The molecule has 2 aromatic heterocycles. The summed E-state index contributed by atoms with van der Waals surface area (Å²) in [6.07, 6.45) is 4.16. The topological polar surface area (TPSA) is 73.2 Å². The molecule has 6 nitrogen and oxygen atoms in total. The summed E-state index contributed by atoms with van der Waals surface area (Å²) in [5, 5.41) is 4.71. The monoisotopic (exact) mass is 497 g/mol. The number of methoxy groups -OCH3 is 1. The molecule has 0 bridgehead atoms. The summed E-state index contributed by atoms with van der Waals surface area (Å²) in [5.41, 5.74) is 1.47. The van der Waals surface area contributed by atoms with Gasteiger partial charge in [-0.05, 0) is 43.4 Å². The molecule has 10 heteroatoms. The maximum absolute atomic E-state index is 13.3. The van der Waals surface area contributed by atoms with Crippen molar-refractivity contribution in [3.63, 3.8) is 0 Å². The van der Waals surface area contributed by atoms with Crippen LogP contribution in [0.25, 0.3) is 10.2 Å². The number of carbonyl (C=O) groups excluding carboxylic acids is 1. The van der Waals surface area contributed by atoms with Crippen LogP contribution >= 0.6 is 46.3 Å². The predicted octanol–water partition coefficient (Wildman–Crippen LogP) is 5.02. The fraction of sp³-hybridized carbons (Fsp3) is 0.381. The summed E-state index contributed by atoms with van der Waals surface area (Å²) in [6.45, 7) is 0.762. The molecule has 2 heterocycles. The van der Waals surface area contributed by atoms with Gasteiger partial charge in [-0.1, -0.05) is 41.0 Å². The molecule has 0 spiro atoms. The fourth-order valence-corrected chi connectivity index (χ4v) is 6.25. The number of aromatic nitrogens is 2. The maximum atomic E-state index is 13.3. The first kappa shape index (κ1) is 22.6. The van der Waals surface area contributed by atoms with Gasteiger partial charge in [0.1, 0.15) is 4.83 Å². The van der Waals surface area contributed by atoms with Gasteiger partial charge in [-0.15, -0.1) is 11.3 Å². The molecule has 3 aromatic rings. The number of thioether (sulfide) groups is 1. The van der Waals surface area contributed by atoms with Gasteiger partial charge in [-0.3, -0.25) is 14.2 Å². The van der Waals surface area contributed by atoms with Crippen LogP contribution in [0.3, 0.4) is 0 Å². The molecule has 1 N–H and O–H groups in total. The molecule has 4 rings (SSSR count). The second kappa shape index (κ2) is 9.92. The first-order chi connectivity index (χ1) is 15.0. The van der Waals surface area contributed by atoms with E-state index < -0.39 is 0 Å². The molecule has 31 heavy (non-hydrogen) atoms. The van der Waals surface area contributed by atoms with Gasteiger partial charge in [0, 0.05) is 12.0 Å². The molecule has 0 aliphatic heterocycles. The zero-order valence-electron chi connectivity index (χ0n) is 16.9. The Bertz CT molecular complexity index is 1170. The third-order valence-corrected chi connectivity index (χ3v) is 7.91. The number of benzene rings is 1. The Kier molecular flexibility index (Phi) is 7.23. The van der Waals surface area contributed by atoms with Crippen LogP contribution in [-0.2, 0) is 28.9 Å². The van der Waals surface area contributed by atoms with Gasteiger partial charge >= 0.3 is 0 Å². The van der Waals surface area contributed by atoms with Crippen molar-refractivity contribution in [1.29, 1.82) is 0 Å². The predicted molar refractivity (Wildman–Crippen MR) is 128 cm³/mol. The lowest BCUT2D eigenvalue weighted by atomic mass is 9.97. The zero-order chi connectivity index (χ0) is 22.0. The van der Waals surface area contributed by atoms with Gasteiger partial charge in [0.2, 0.25) is 5.91 Å². The minimum Gasteiger partial charge on any atom is -0.383 e. The molecule has 164 valence electrons. The minimum absolute atomic E-state index is 0.0569. The van der Waals surface area contributed by atoms with Crippen molar-refractivity contribution in [3.05, 3.63) is 49.0 Å². The Morgan fingerprint density at radius 2 is 2.03 bits per heavy atom. The number of rotatable bonds is 7. The standard InChI is InChI=1S/C21H21Cl2N3O3S2/c1-29-10-9-26-20(28)17-12-5-2-3-8-15(12)31-19(17)25-21(26)30-11-16(27)24-18-13(22)6-4-7-14(18)23/h4,6-7H,2-3,5,8-11H2,1H3,(H,24,27). The van der Waals surface area contributed by atoms with E-state index in [2.05, 4.69) is 5.32 Å². The highest BCUT2D eigenvalue weighted by Crippen LogP contribution is 2.35. The number of nitrogens with zero attached hydrogens (tertiary/aromatic N) is 2. The molecule has 0 unspecified atom stereocenters. The number of aryl methyl sites for hydroxylation is 2. The van der Waals surface area contributed by atoms with Crippen molar-refractivity contribution in [2.75, 3.05) is 24.8 Å². The van der Waals surface area contributed by atoms with Gasteiger partial charge in [0.15, 0.2) is 5.16 Å². The molecule has 1 aliphatic carbocycles. The highest BCUT2D eigenvalue weighted by atomic mass is 35.5. The summed E-state index contributed by atoms with van der Waals surface area (Å²) >= 11 is 15.1. The van der Waals surface area contributed by atoms with Crippen molar-refractivity contribution in [2.24, 2.45) is 0 Å². The summed E-state index contributed by atoms with van der Waals surface area (Å²) < 4.78 is 6.81. The van der Waals surface area contributed by atoms with E-state index in [0.29, 0.717) is 34.0 Å². The second-order valence-corrected chi connectivity index (χ2v) is 10.0. The SMILES string of the molecule is COCCn1c(SCC(=O)Nc2c(Cl)cccc2Cl)nc2sc3c(c2c1=O)CCCC3. The van der Waals surface area contributed by atoms with E-state index in [9.17, 15) is 9.59 Å². The lowest BCUT2D eigenvalue weighted by Crippen LogP contribution is -2.26. The largest absolute Gasteiger partial charge is 0.383 e. The summed E-state index contributed by atoms with van der Waals surface area (Å²) in [5.74, 6) is -0.212. The van der Waals surface area contributed by atoms with E-state index >= 15 is 0 Å². The first-order valence-electron chi connectivity index (χ1n) is 9.90. The number of carbonyl (C=O) groups is 1. The third-order valence-electron chi connectivity index (χ3n) is 5.12. The van der Waals surface area contributed by atoms with Crippen LogP contribution in [0.2, 0.25) is 10.0 Å². The third kappa shape index (κ3) is 4.78. The molecule has 0 fully saturated rings. The molecule has 1 aliphatic rings. The van der Waals surface area contributed by atoms with Gasteiger partial charge in [0.25, 0.3) is 5.56 Å². The number of nitrogens with one attached hydrogen (secondary N) is 1. The van der Waals surface area contributed by atoms with E-state index in [1.807, 2.05) is 0 Å². The molecular formula is C21H21Cl2N3O3S2. The Morgan fingerprint density at radius 3 is 2.77 bits per heavy atom. The number of halogens is 2. The lowest BCUT2D eigenvalue weighted by Gasteiger charge is -2.13. The number of amides is 1. The van der Waals surface area contributed by atoms with E-state index in [0.717, 1.165) is 41.5 Å². The highest BCUT2D eigenvalue weighted by molar-refractivity contribution is 7.99. The smallest absolute Gasteiger partial charge is 0.263 e. The molecule has 0 atom stereocenters. The normalized spacial score (nSPS) is 13.4. The average molecular weight is 498 g/mol. The van der Waals surface area contributed by atoms with Crippen molar-refractivity contribution in [3.8, 4) is 0 Å². The van der Waals surface area contributed by atoms with E-state index in [1.54, 1.807) is 41.2 Å². The van der Waals surface area contributed by atoms with Crippen LogP contribution in [0.4, 0.5) is 5.69 Å². The molecule has 0 radical (unpaired) electrons. The summed E-state index contributed by atoms with van der Waals surface area (Å²) in [7, 11) is 1.59. The van der Waals surface area contributed by atoms with Crippen molar-refractivity contribution in [1.82, 2.24) is 9.55 Å². The van der Waals surface area contributed by atoms with Gasteiger partial charge in [-0.2, -0.15) is 0 Å². The number of anilines is 1. The van der Waals surface area contributed by atoms with E-state index in [4.69, 9.17) is 32.9 Å². The van der Waals surface area contributed by atoms with Crippen molar-refractivity contribution >= 4 is 68.1 Å². The number of hydrogen-bond acceptors (Lipinski definition) is 6. The molecule has 1 aromatic carbocycles. The average Bonchev–Trinajstić information content (AvgIpc) is 3.13. The Labute approximate surface area is 197 Å². The summed E-state index contributed by atoms with van der Waals surface area (Å²) in [4.78, 5) is 32.7. The van der Waals surface area contributed by atoms with E-state index in [1.165, 1.54) is 16.6 Å². The van der Waals surface area contributed by atoms with Gasteiger partial charge < -0.3 is 10.1 Å². The lowest BCUT2D eigenvalue weighted by molar-refractivity contribution is -0.113. The number of thiophene rings is 1. The summed E-state index contributed by atoms with van der Waals surface area (Å²) in [6, 6.07) is 5.03. The highest BCUT2D eigenvalue weighted by Gasteiger charge is 2.22. The second-order valence-electron chi connectivity index (χ2n) is 7.17. The van der Waals surface area contributed by atoms with Crippen molar-refractivity contribution < 1.29 is 9.53 Å². The number of para-hydroxylation sites is 1.